The number of rotatable bonds is 4. The third kappa shape index (κ3) is 3.35. The quantitative estimate of drug-likeness (QED) is 0.927. The van der Waals surface area contributed by atoms with Gasteiger partial charge in [-0.15, -0.1) is 0 Å². The number of amides is 1. The molecule has 0 saturated heterocycles. The van der Waals surface area contributed by atoms with E-state index in [2.05, 4.69) is 15.3 Å². The zero-order chi connectivity index (χ0) is 17.4. The van der Waals surface area contributed by atoms with Crippen molar-refractivity contribution in [3.63, 3.8) is 0 Å². The maximum atomic E-state index is 12.7. The van der Waals surface area contributed by atoms with E-state index in [-0.39, 0.29) is 5.91 Å². The summed E-state index contributed by atoms with van der Waals surface area (Å²) < 4.78 is 7.59. The summed E-state index contributed by atoms with van der Waals surface area (Å²) in [5, 5.41) is 7.71. The minimum atomic E-state index is -0.0144. The molecule has 0 bridgehead atoms. The Kier molecular flexibility index (Phi) is 4.37. The highest BCUT2D eigenvalue weighted by Gasteiger charge is 2.29. The lowest BCUT2D eigenvalue weighted by Crippen LogP contribution is -2.35. The number of aryl methyl sites for hydroxylation is 2. The smallest absolute Gasteiger partial charge is 0.272 e. The normalized spacial score (nSPS) is 18.5. The van der Waals surface area contributed by atoms with E-state index < -0.39 is 0 Å². The summed E-state index contributed by atoms with van der Waals surface area (Å²) in [7, 11) is 1.94. The first-order chi connectivity index (χ1) is 12.1. The Morgan fingerprint density at radius 3 is 2.88 bits per heavy atom. The number of aromatic nitrogens is 2. The molecule has 25 heavy (non-hydrogen) atoms. The van der Waals surface area contributed by atoms with Gasteiger partial charge in [0.05, 0.1) is 6.54 Å². The maximum absolute atomic E-state index is 12.7. The summed E-state index contributed by atoms with van der Waals surface area (Å²) >= 11 is 0. The summed E-state index contributed by atoms with van der Waals surface area (Å²) in [5.41, 5.74) is 2.86. The highest BCUT2D eigenvalue weighted by Crippen LogP contribution is 2.25. The highest BCUT2D eigenvalue weighted by atomic mass is 16.3. The molecule has 1 aliphatic heterocycles. The molecule has 1 saturated carbocycles. The third-order valence-electron chi connectivity index (χ3n) is 5.40. The summed E-state index contributed by atoms with van der Waals surface area (Å²) in [5.74, 6) is 1.90. The van der Waals surface area contributed by atoms with Crippen molar-refractivity contribution >= 4 is 5.91 Å². The van der Waals surface area contributed by atoms with Crippen LogP contribution in [-0.4, -0.2) is 33.2 Å². The molecule has 0 aromatic carbocycles. The zero-order valence-electron chi connectivity index (χ0n) is 15.0. The molecular formula is C19H26N4O2. The minimum absolute atomic E-state index is 0.0144. The maximum Gasteiger partial charge on any atom is 0.272 e. The summed E-state index contributed by atoms with van der Waals surface area (Å²) in [6.07, 6.45) is 5.51. The lowest BCUT2D eigenvalue weighted by Gasteiger charge is -2.26. The van der Waals surface area contributed by atoms with Crippen LogP contribution < -0.4 is 5.32 Å². The molecule has 1 amide bonds. The lowest BCUT2D eigenvalue weighted by atomic mass is 10.0. The Hall–Kier alpha value is -2.08. The van der Waals surface area contributed by atoms with Gasteiger partial charge in [-0.05, 0) is 31.9 Å². The Labute approximate surface area is 148 Å². The van der Waals surface area contributed by atoms with Gasteiger partial charge in [-0.1, -0.05) is 12.8 Å². The fraction of sp³-hybridized carbons (Fsp3) is 0.579. The van der Waals surface area contributed by atoms with Crippen LogP contribution in [0.15, 0.2) is 16.5 Å². The number of nitrogens with zero attached hydrogens (tertiary/aromatic N) is 3. The fourth-order valence-electron chi connectivity index (χ4n) is 4.08. The van der Waals surface area contributed by atoms with Crippen LogP contribution in [0.5, 0.6) is 0 Å². The Morgan fingerprint density at radius 2 is 2.16 bits per heavy atom. The van der Waals surface area contributed by atoms with Crippen LogP contribution in [0.25, 0.3) is 0 Å². The van der Waals surface area contributed by atoms with Crippen LogP contribution in [-0.2, 0) is 26.6 Å². The third-order valence-corrected chi connectivity index (χ3v) is 5.40. The molecule has 0 radical (unpaired) electrons. The molecule has 1 aliphatic carbocycles. The number of nitrogens with one attached hydrogen (secondary N) is 1. The molecule has 6 heteroatoms. The number of carbonyl (C=O) groups excluding carboxylic acids is 1. The van der Waals surface area contributed by atoms with E-state index in [9.17, 15) is 4.79 Å². The number of hydrogen-bond donors (Lipinski definition) is 1. The van der Waals surface area contributed by atoms with Gasteiger partial charge in [0.1, 0.15) is 11.5 Å². The highest BCUT2D eigenvalue weighted by molar-refractivity contribution is 5.94. The van der Waals surface area contributed by atoms with Crippen molar-refractivity contribution in [3.05, 3.63) is 40.6 Å². The van der Waals surface area contributed by atoms with Gasteiger partial charge < -0.3 is 9.73 Å². The Bertz CT molecular complexity index is 770. The predicted molar refractivity (Wildman–Crippen MR) is 94.2 cm³/mol. The number of carbonyl (C=O) groups is 1. The molecule has 0 spiro atoms. The van der Waals surface area contributed by atoms with E-state index in [1.807, 2.05) is 30.8 Å². The van der Waals surface area contributed by atoms with Crippen molar-refractivity contribution in [1.82, 2.24) is 20.0 Å². The molecule has 2 aliphatic rings. The van der Waals surface area contributed by atoms with Crippen LogP contribution >= 0.6 is 0 Å². The molecule has 2 aromatic heterocycles. The van der Waals surface area contributed by atoms with Gasteiger partial charge in [0, 0.05) is 43.9 Å². The standard InChI is InChI=1S/C19H26N4O2/c1-13-7-8-15(25-13)11-23-10-9-17-16(12-23)18(21-22(17)2)19(24)20-14-5-3-4-6-14/h7-8,14H,3-6,9-12H2,1-2H3,(H,20,24). The molecule has 1 fully saturated rings. The Morgan fingerprint density at radius 1 is 1.36 bits per heavy atom. The molecule has 1 N–H and O–H groups in total. The van der Waals surface area contributed by atoms with Gasteiger partial charge in [-0.3, -0.25) is 14.4 Å². The number of furan rings is 1. The van der Waals surface area contributed by atoms with Crippen LogP contribution in [0.2, 0.25) is 0 Å². The topological polar surface area (TPSA) is 63.3 Å². The predicted octanol–water partition coefficient (Wildman–Crippen LogP) is 2.55. The minimum Gasteiger partial charge on any atom is -0.465 e. The average Bonchev–Trinajstić information content (AvgIpc) is 3.30. The van der Waals surface area contributed by atoms with Gasteiger partial charge in [-0.2, -0.15) is 5.10 Å². The second-order valence-corrected chi connectivity index (χ2v) is 7.33. The molecule has 6 nitrogen and oxygen atoms in total. The van der Waals surface area contributed by atoms with Gasteiger partial charge in [0.25, 0.3) is 5.91 Å². The van der Waals surface area contributed by atoms with E-state index in [0.29, 0.717) is 11.7 Å². The van der Waals surface area contributed by atoms with Crippen LogP contribution in [0.1, 0.15) is 58.9 Å². The summed E-state index contributed by atoms with van der Waals surface area (Å²) in [4.78, 5) is 15.1. The van der Waals surface area contributed by atoms with E-state index >= 15 is 0 Å². The largest absolute Gasteiger partial charge is 0.465 e. The first-order valence-electron chi connectivity index (χ1n) is 9.23. The van der Waals surface area contributed by atoms with E-state index in [0.717, 1.165) is 56.0 Å². The molecule has 2 aromatic rings. The van der Waals surface area contributed by atoms with Crippen molar-refractivity contribution < 1.29 is 9.21 Å². The van der Waals surface area contributed by atoms with Gasteiger partial charge in [0.2, 0.25) is 0 Å². The second-order valence-electron chi connectivity index (χ2n) is 7.33. The fourth-order valence-corrected chi connectivity index (χ4v) is 4.08. The van der Waals surface area contributed by atoms with Crippen LogP contribution in [0.3, 0.4) is 0 Å². The van der Waals surface area contributed by atoms with Crippen molar-refractivity contribution in [1.29, 1.82) is 0 Å². The van der Waals surface area contributed by atoms with E-state index in [1.165, 1.54) is 18.5 Å². The van der Waals surface area contributed by atoms with Crippen molar-refractivity contribution in [2.45, 2.75) is 58.2 Å². The van der Waals surface area contributed by atoms with Crippen molar-refractivity contribution in [3.8, 4) is 0 Å². The molecule has 3 heterocycles. The summed E-state index contributed by atoms with van der Waals surface area (Å²) in [6, 6.07) is 4.34. The second kappa shape index (κ2) is 6.67. The Balaban J connectivity index is 1.50. The lowest BCUT2D eigenvalue weighted by molar-refractivity contribution is 0.0929. The molecular weight excluding hydrogens is 316 g/mol. The van der Waals surface area contributed by atoms with Gasteiger partial charge in [0.15, 0.2) is 5.69 Å². The van der Waals surface area contributed by atoms with E-state index in [1.54, 1.807) is 0 Å². The van der Waals surface area contributed by atoms with Crippen LogP contribution in [0.4, 0.5) is 0 Å². The van der Waals surface area contributed by atoms with Crippen molar-refractivity contribution in [2.75, 3.05) is 6.54 Å². The van der Waals surface area contributed by atoms with Gasteiger partial charge >= 0.3 is 0 Å². The van der Waals surface area contributed by atoms with Crippen molar-refractivity contribution in [2.24, 2.45) is 7.05 Å². The number of hydrogen-bond acceptors (Lipinski definition) is 4. The molecule has 0 atom stereocenters. The summed E-state index contributed by atoms with van der Waals surface area (Å²) in [6.45, 7) is 4.43. The van der Waals surface area contributed by atoms with E-state index in [4.69, 9.17) is 4.42 Å². The van der Waals surface area contributed by atoms with Gasteiger partial charge in [-0.25, -0.2) is 0 Å². The monoisotopic (exact) mass is 342 g/mol. The zero-order valence-corrected chi connectivity index (χ0v) is 15.0. The first kappa shape index (κ1) is 16.4. The molecule has 134 valence electrons. The molecule has 4 rings (SSSR count). The molecule has 0 unspecified atom stereocenters. The first-order valence-corrected chi connectivity index (χ1v) is 9.23. The van der Waals surface area contributed by atoms with Crippen LogP contribution in [0, 0.1) is 6.92 Å². The SMILES string of the molecule is Cc1ccc(CN2CCc3c(c(C(=O)NC4CCCC4)nn3C)C2)o1. The average molecular weight is 342 g/mol. The number of fused-ring (bicyclic) bond motifs is 1.